The molecular weight excluding hydrogens is 456 g/mol. The van der Waals surface area contributed by atoms with E-state index in [1.54, 1.807) is 0 Å². The maximum absolute atomic E-state index is 9.09. The lowest BCUT2D eigenvalue weighted by atomic mass is 9.98. The topological polar surface area (TPSA) is 38.7 Å². The van der Waals surface area contributed by atoms with Crippen molar-refractivity contribution >= 4 is 0 Å². The highest BCUT2D eigenvalue weighted by Crippen LogP contribution is 2.36. The summed E-state index contributed by atoms with van der Waals surface area (Å²) in [6.07, 6.45) is 39.3. The first-order chi connectivity index (χ1) is 18.3. The third-order valence-electron chi connectivity index (χ3n) is 7.77. The highest BCUT2D eigenvalue weighted by molar-refractivity contribution is 4.92. The Balaban J connectivity index is 2.15. The monoisotopic (exact) mass is 520 g/mol. The average Bonchev–Trinajstić information content (AvgIpc) is 3.31. The molecule has 1 rings (SSSR count). The molecule has 0 aromatic heterocycles. The molecule has 2 atom stereocenters. The SMILES string of the molecule is CCCCC/C=C\C/C=C\CCCCCCCCC1(CCCCCCCCC)OCC(CCCCO)O1. The number of allylic oxidation sites excluding steroid dienone is 4. The van der Waals surface area contributed by atoms with Crippen LogP contribution < -0.4 is 0 Å². The summed E-state index contributed by atoms with van der Waals surface area (Å²) >= 11 is 0. The zero-order valence-corrected chi connectivity index (χ0v) is 25.0. The summed E-state index contributed by atoms with van der Waals surface area (Å²) in [7, 11) is 0. The molecule has 1 N–H and O–H groups in total. The third kappa shape index (κ3) is 20.0. The van der Waals surface area contributed by atoms with E-state index in [1.165, 1.54) is 116 Å². The van der Waals surface area contributed by atoms with Crippen LogP contribution in [0.3, 0.4) is 0 Å². The van der Waals surface area contributed by atoms with Crippen LogP contribution in [0.25, 0.3) is 0 Å². The van der Waals surface area contributed by atoms with Crippen LogP contribution in [0.15, 0.2) is 24.3 Å². The molecule has 0 spiro atoms. The zero-order chi connectivity index (χ0) is 26.7. The van der Waals surface area contributed by atoms with E-state index in [2.05, 4.69) is 38.2 Å². The normalized spacial score (nSPS) is 20.1. The number of ether oxygens (including phenoxy) is 2. The molecule has 37 heavy (non-hydrogen) atoms. The molecule has 1 fully saturated rings. The van der Waals surface area contributed by atoms with Crippen molar-refractivity contribution in [1.29, 1.82) is 0 Å². The van der Waals surface area contributed by atoms with Crippen LogP contribution in [0.4, 0.5) is 0 Å². The Bertz CT molecular complexity index is 529. The predicted octanol–water partition coefficient (Wildman–Crippen LogP) is 10.6. The Kier molecular flexibility index (Phi) is 23.8. The van der Waals surface area contributed by atoms with Gasteiger partial charge in [-0.25, -0.2) is 0 Å². The fraction of sp³-hybridized carbons (Fsp3) is 0.882. The molecule has 0 aromatic carbocycles. The number of aliphatic hydroxyl groups excluding tert-OH is 1. The second-order valence-electron chi connectivity index (χ2n) is 11.4. The lowest BCUT2D eigenvalue weighted by molar-refractivity contribution is -0.180. The van der Waals surface area contributed by atoms with Gasteiger partial charge in [0.15, 0.2) is 5.79 Å². The number of hydrogen-bond donors (Lipinski definition) is 1. The number of unbranched alkanes of at least 4 members (excludes halogenated alkanes) is 16. The van der Waals surface area contributed by atoms with Crippen molar-refractivity contribution in [1.82, 2.24) is 0 Å². The molecule has 1 saturated heterocycles. The smallest absolute Gasteiger partial charge is 0.168 e. The molecule has 1 aliphatic rings. The maximum Gasteiger partial charge on any atom is 0.168 e. The molecule has 0 bridgehead atoms. The van der Waals surface area contributed by atoms with Gasteiger partial charge in [-0.1, -0.05) is 115 Å². The molecule has 3 nitrogen and oxygen atoms in total. The van der Waals surface area contributed by atoms with Crippen molar-refractivity contribution in [2.45, 2.75) is 180 Å². The van der Waals surface area contributed by atoms with E-state index in [0.717, 1.165) is 45.1 Å². The molecule has 218 valence electrons. The third-order valence-corrected chi connectivity index (χ3v) is 7.77. The van der Waals surface area contributed by atoms with Gasteiger partial charge in [-0.2, -0.15) is 0 Å². The van der Waals surface area contributed by atoms with E-state index >= 15 is 0 Å². The first-order valence-corrected chi connectivity index (χ1v) is 16.5. The van der Waals surface area contributed by atoms with E-state index in [4.69, 9.17) is 14.6 Å². The fourth-order valence-electron chi connectivity index (χ4n) is 5.36. The highest BCUT2D eigenvalue weighted by Gasteiger charge is 2.40. The predicted molar refractivity (Wildman–Crippen MR) is 161 cm³/mol. The number of hydrogen-bond acceptors (Lipinski definition) is 3. The lowest BCUT2D eigenvalue weighted by Crippen LogP contribution is -2.31. The molecule has 2 unspecified atom stereocenters. The van der Waals surface area contributed by atoms with Crippen LogP contribution in [-0.2, 0) is 9.47 Å². The molecule has 1 heterocycles. The fourth-order valence-corrected chi connectivity index (χ4v) is 5.36. The van der Waals surface area contributed by atoms with Crippen molar-refractivity contribution in [2.24, 2.45) is 0 Å². The van der Waals surface area contributed by atoms with Crippen LogP contribution in [0, 0.1) is 0 Å². The minimum absolute atomic E-state index is 0.223. The van der Waals surface area contributed by atoms with E-state index in [-0.39, 0.29) is 18.5 Å². The van der Waals surface area contributed by atoms with Gasteiger partial charge in [-0.3, -0.25) is 0 Å². The summed E-state index contributed by atoms with van der Waals surface area (Å²) in [5.74, 6) is -0.331. The molecular formula is C34H64O3. The van der Waals surface area contributed by atoms with Crippen LogP contribution in [0.2, 0.25) is 0 Å². The average molecular weight is 521 g/mol. The highest BCUT2D eigenvalue weighted by atomic mass is 16.7. The van der Waals surface area contributed by atoms with E-state index < -0.39 is 0 Å². The summed E-state index contributed by atoms with van der Waals surface area (Å²) in [5, 5.41) is 9.09. The number of rotatable bonds is 27. The second-order valence-corrected chi connectivity index (χ2v) is 11.4. The van der Waals surface area contributed by atoms with Crippen molar-refractivity contribution in [3.05, 3.63) is 24.3 Å². The molecule has 0 amide bonds. The van der Waals surface area contributed by atoms with Crippen molar-refractivity contribution < 1.29 is 14.6 Å². The second kappa shape index (κ2) is 25.6. The van der Waals surface area contributed by atoms with Gasteiger partial charge in [0.1, 0.15) is 0 Å². The van der Waals surface area contributed by atoms with Crippen LogP contribution in [0.5, 0.6) is 0 Å². The van der Waals surface area contributed by atoms with Crippen LogP contribution in [-0.4, -0.2) is 30.2 Å². The van der Waals surface area contributed by atoms with Gasteiger partial charge < -0.3 is 14.6 Å². The van der Waals surface area contributed by atoms with Crippen LogP contribution >= 0.6 is 0 Å². The summed E-state index contributed by atoms with van der Waals surface area (Å²) in [6.45, 7) is 5.57. The van der Waals surface area contributed by atoms with Gasteiger partial charge >= 0.3 is 0 Å². The quantitative estimate of drug-likeness (QED) is 0.0864. The van der Waals surface area contributed by atoms with Gasteiger partial charge in [0.2, 0.25) is 0 Å². The largest absolute Gasteiger partial charge is 0.396 e. The molecule has 0 aromatic rings. The standard InChI is InChI=1S/C34H64O3/c1-3-5-7-9-11-12-13-14-15-16-17-18-19-21-23-26-30-34(29-25-22-20-10-8-6-4-2)36-32-33(37-34)28-24-27-31-35/h11-12,14-15,33,35H,3-10,13,16-32H2,1-2H3/b12-11-,15-14-. The van der Waals surface area contributed by atoms with E-state index in [9.17, 15) is 0 Å². The molecule has 0 radical (unpaired) electrons. The van der Waals surface area contributed by atoms with Crippen LogP contribution in [0.1, 0.15) is 168 Å². The molecule has 3 heteroatoms. The summed E-state index contributed by atoms with van der Waals surface area (Å²) in [4.78, 5) is 0. The van der Waals surface area contributed by atoms with Crippen molar-refractivity contribution in [3.8, 4) is 0 Å². The molecule has 0 aliphatic carbocycles. The Morgan fingerprint density at radius 2 is 1.14 bits per heavy atom. The van der Waals surface area contributed by atoms with E-state index in [0.29, 0.717) is 0 Å². The summed E-state index contributed by atoms with van der Waals surface area (Å²) in [5.41, 5.74) is 0. The van der Waals surface area contributed by atoms with Gasteiger partial charge in [-0.05, 0) is 64.2 Å². The zero-order valence-electron chi connectivity index (χ0n) is 25.0. The summed E-state index contributed by atoms with van der Waals surface area (Å²) in [6, 6.07) is 0. The summed E-state index contributed by atoms with van der Waals surface area (Å²) < 4.78 is 12.9. The first kappa shape index (κ1) is 34.4. The lowest BCUT2D eigenvalue weighted by Gasteiger charge is -2.28. The molecule has 1 aliphatic heterocycles. The first-order valence-electron chi connectivity index (χ1n) is 16.5. The van der Waals surface area contributed by atoms with Gasteiger partial charge in [-0.15, -0.1) is 0 Å². The Morgan fingerprint density at radius 1 is 0.622 bits per heavy atom. The number of aliphatic hydroxyl groups is 1. The maximum atomic E-state index is 9.09. The Morgan fingerprint density at radius 3 is 1.73 bits per heavy atom. The minimum Gasteiger partial charge on any atom is -0.396 e. The minimum atomic E-state index is -0.331. The van der Waals surface area contributed by atoms with Gasteiger partial charge in [0, 0.05) is 19.4 Å². The van der Waals surface area contributed by atoms with Gasteiger partial charge in [0.05, 0.1) is 12.7 Å². The van der Waals surface area contributed by atoms with E-state index in [1.807, 2.05) is 0 Å². The van der Waals surface area contributed by atoms with Crippen molar-refractivity contribution in [3.63, 3.8) is 0 Å². The Labute approximate surface area is 231 Å². The molecule has 0 saturated carbocycles. The Hall–Kier alpha value is -0.640. The van der Waals surface area contributed by atoms with Gasteiger partial charge in [0.25, 0.3) is 0 Å². The van der Waals surface area contributed by atoms with Crippen molar-refractivity contribution in [2.75, 3.05) is 13.2 Å².